The zero-order valence-corrected chi connectivity index (χ0v) is 7.66. The van der Waals surface area contributed by atoms with Crippen molar-refractivity contribution >= 4 is 5.84 Å². The van der Waals surface area contributed by atoms with Gasteiger partial charge in [0.05, 0.1) is 7.11 Å². The predicted molar refractivity (Wildman–Crippen MR) is 50.1 cm³/mol. The van der Waals surface area contributed by atoms with Gasteiger partial charge < -0.3 is 19.9 Å². The van der Waals surface area contributed by atoms with E-state index in [1.165, 1.54) is 7.11 Å². The minimum Gasteiger partial charge on any atom is -0.493 e. The van der Waals surface area contributed by atoms with Gasteiger partial charge in [0.15, 0.2) is 11.5 Å². The van der Waals surface area contributed by atoms with Gasteiger partial charge in [-0.25, -0.2) is 0 Å². The fraction of sp³-hybridized carbons (Fsp3) is 0.222. The molecule has 0 saturated carbocycles. The summed E-state index contributed by atoms with van der Waals surface area (Å²) in [6.45, 7) is 0.174. The van der Waals surface area contributed by atoms with Crippen LogP contribution < -0.4 is 19.9 Å². The van der Waals surface area contributed by atoms with Crippen molar-refractivity contribution in [2.24, 2.45) is 5.73 Å². The number of fused-ring (bicyclic) bond motifs is 1. The molecule has 14 heavy (non-hydrogen) atoms. The number of hydrogen-bond donors (Lipinski definition) is 2. The lowest BCUT2D eigenvalue weighted by atomic mass is 10.1. The van der Waals surface area contributed by atoms with Crippen LogP contribution in [0.3, 0.4) is 0 Å². The van der Waals surface area contributed by atoms with Gasteiger partial charge in [-0.3, -0.25) is 5.41 Å². The molecule has 0 aliphatic carbocycles. The quantitative estimate of drug-likeness (QED) is 0.536. The highest BCUT2D eigenvalue weighted by molar-refractivity contribution is 5.96. The zero-order chi connectivity index (χ0) is 10.1. The number of nitrogens with two attached hydrogens (primary N) is 1. The molecule has 1 aromatic carbocycles. The first-order chi connectivity index (χ1) is 6.72. The van der Waals surface area contributed by atoms with Crippen LogP contribution in [0, 0.1) is 5.41 Å². The third kappa shape index (κ3) is 1.22. The number of nitrogens with one attached hydrogen (secondary N) is 1. The van der Waals surface area contributed by atoms with Gasteiger partial charge in [0.2, 0.25) is 12.5 Å². The SMILES string of the molecule is COc1cc(C(=N)N)cc2c1OCO2. The van der Waals surface area contributed by atoms with Crippen molar-refractivity contribution in [3.8, 4) is 17.2 Å². The summed E-state index contributed by atoms with van der Waals surface area (Å²) in [5.41, 5.74) is 5.92. The molecule has 0 unspecified atom stereocenters. The standard InChI is InChI=1S/C9H10N2O3/c1-12-6-2-5(9(10)11)3-7-8(6)14-4-13-7/h2-3H,4H2,1H3,(H3,10,11). The van der Waals surface area contributed by atoms with Gasteiger partial charge in [0.1, 0.15) is 5.84 Å². The Labute approximate surface area is 80.9 Å². The summed E-state index contributed by atoms with van der Waals surface area (Å²) in [6.07, 6.45) is 0. The van der Waals surface area contributed by atoms with E-state index in [0.717, 1.165) is 0 Å². The van der Waals surface area contributed by atoms with Crippen LogP contribution in [0.25, 0.3) is 0 Å². The van der Waals surface area contributed by atoms with Crippen molar-refractivity contribution in [2.45, 2.75) is 0 Å². The lowest BCUT2D eigenvalue weighted by Gasteiger charge is -2.06. The van der Waals surface area contributed by atoms with Crippen LogP contribution in [0.15, 0.2) is 12.1 Å². The second-order valence-electron chi connectivity index (χ2n) is 2.83. The van der Waals surface area contributed by atoms with Gasteiger partial charge >= 0.3 is 0 Å². The van der Waals surface area contributed by atoms with Gasteiger partial charge in [-0.15, -0.1) is 0 Å². The molecule has 0 radical (unpaired) electrons. The van der Waals surface area contributed by atoms with Gasteiger partial charge in [-0.1, -0.05) is 0 Å². The van der Waals surface area contributed by atoms with Crippen molar-refractivity contribution in [3.05, 3.63) is 17.7 Å². The number of nitrogen functional groups attached to an aromatic ring is 1. The van der Waals surface area contributed by atoms with Crippen LogP contribution in [-0.4, -0.2) is 19.7 Å². The lowest BCUT2D eigenvalue weighted by molar-refractivity contribution is 0.171. The predicted octanol–water partition coefficient (Wildman–Crippen LogP) is 0.708. The van der Waals surface area contributed by atoms with E-state index in [1.54, 1.807) is 12.1 Å². The second kappa shape index (κ2) is 3.10. The Morgan fingerprint density at radius 3 is 2.93 bits per heavy atom. The van der Waals surface area contributed by atoms with Crippen molar-refractivity contribution in [1.29, 1.82) is 5.41 Å². The van der Waals surface area contributed by atoms with Gasteiger partial charge in [0, 0.05) is 5.56 Å². The maximum atomic E-state index is 7.30. The first-order valence-electron chi connectivity index (χ1n) is 4.04. The van der Waals surface area contributed by atoms with Crippen LogP contribution >= 0.6 is 0 Å². The molecule has 0 saturated heterocycles. The summed E-state index contributed by atoms with van der Waals surface area (Å²) < 4.78 is 15.5. The van der Waals surface area contributed by atoms with E-state index in [2.05, 4.69) is 0 Å². The molecule has 0 bridgehead atoms. The molecule has 1 heterocycles. The van der Waals surface area contributed by atoms with E-state index in [-0.39, 0.29) is 12.6 Å². The highest BCUT2D eigenvalue weighted by Crippen LogP contribution is 2.41. The van der Waals surface area contributed by atoms with E-state index in [1.807, 2.05) is 0 Å². The molecule has 0 fully saturated rings. The fourth-order valence-electron chi connectivity index (χ4n) is 1.29. The number of hydrogen-bond acceptors (Lipinski definition) is 4. The Bertz CT molecular complexity index is 390. The zero-order valence-electron chi connectivity index (χ0n) is 7.66. The molecule has 0 amide bonds. The van der Waals surface area contributed by atoms with Gasteiger partial charge in [-0.05, 0) is 12.1 Å². The van der Waals surface area contributed by atoms with E-state index >= 15 is 0 Å². The molecular weight excluding hydrogens is 184 g/mol. The molecule has 5 nitrogen and oxygen atoms in total. The number of rotatable bonds is 2. The average Bonchev–Trinajstić information content (AvgIpc) is 2.63. The van der Waals surface area contributed by atoms with Crippen LogP contribution in [0.2, 0.25) is 0 Å². The van der Waals surface area contributed by atoms with Crippen molar-refractivity contribution < 1.29 is 14.2 Å². The summed E-state index contributed by atoms with van der Waals surface area (Å²) >= 11 is 0. The first kappa shape index (κ1) is 8.68. The summed E-state index contributed by atoms with van der Waals surface area (Å²) in [7, 11) is 1.53. The molecule has 2 rings (SSSR count). The first-order valence-corrected chi connectivity index (χ1v) is 4.04. The van der Waals surface area contributed by atoms with E-state index in [0.29, 0.717) is 22.8 Å². The Morgan fingerprint density at radius 1 is 1.50 bits per heavy atom. The molecule has 0 spiro atoms. The van der Waals surface area contributed by atoms with Crippen LogP contribution in [-0.2, 0) is 0 Å². The highest BCUT2D eigenvalue weighted by Gasteiger charge is 2.20. The van der Waals surface area contributed by atoms with Crippen molar-refractivity contribution in [3.63, 3.8) is 0 Å². The molecule has 0 aromatic heterocycles. The van der Waals surface area contributed by atoms with E-state index in [4.69, 9.17) is 25.4 Å². The molecular formula is C9H10N2O3. The Hall–Kier alpha value is -1.91. The Morgan fingerprint density at radius 2 is 2.29 bits per heavy atom. The highest BCUT2D eigenvalue weighted by atomic mass is 16.7. The van der Waals surface area contributed by atoms with E-state index in [9.17, 15) is 0 Å². The van der Waals surface area contributed by atoms with E-state index < -0.39 is 0 Å². The minimum absolute atomic E-state index is 0.0263. The minimum atomic E-state index is -0.0263. The van der Waals surface area contributed by atoms with Crippen LogP contribution in [0.1, 0.15) is 5.56 Å². The van der Waals surface area contributed by atoms with Crippen molar-refractivity contribution in [2.75, 3.05) is 13.9 Å². The maximum absolute atomic E-state index is 7.30. The molecule has 1 aliphatic heterocycles. The third-order valence-electron chi connectivity index (χ3n) is 1.97. The molecule has 1 aromatic rings. The lowest BCUT2D eigenvalue weighted by Crippen LogP contribution is -2.10. The summed E-state index contributed by atoms with van der Waals surface area (Å²) in [4.78, 5) is 0. The summed E-state index contributed by atoms with van der Waals surface area (Å²) in [6, 6.07) is 3.31. The van der Waals surface area contributed by atoms with Gasteiger partial charge in [0.25, 0.3) is 0 Å². The van der Waals surface area contributed by atoms with Crippen LogP contribution in [0.4, 0.5) is 0 Å². The number of ether oxygens (including phenoxy) is 3. The number of amidine groups is 1. The summed E-state index contributed by atoms with van der Waals surface area (Å²) in [5, 5.41) is 7.30. The Kier molecular flexibility index (Phi) is 1.92. The van der Waals surface area contributed by atoms with Crippen LogP contribution in [0.5, 0.6) is 17.2 Å². The second-order valence-corrected chi connectivity index (χ2v) is 2.83. The average molecular weight is 194 g/mol. The summed E-state index contributed by atoms with van der Waals surface area (Å²) in [5.74, 6) is 1.64. The smallest absolute Gasteiger partial charge is 0.231 e. The molecule has 0 atom stereocenters. The fourth-order valence-corrected chi connectivity index (χ4v) is 1.29. The molecule has 1 aliphatic rings. The normalized spacial score (nSPS) is 12.6. The number of benzene rings is 1. The van der Waals surface area contributed by atoms with Crippen molar-refractivity contribution in [1.82, 2.24) is 0 Å². The molecule has 5 heteroatoms. The number of methoxy groups -OCH3 is 1. The Balaban J connectivity index is 2.54. The molecule has 74 valence electrons. The topological polar surface area (TPSA) is 77.6 Å². The third-order valence-corrected chi connectivity index (χ3v) is 1.97. The van der Waals surface area contributed by atoms with Gasteiger partial charge in [-0.2, -0.15) is 0 Å². The monoisotopic (exact) mass is 194 g/mol. The maximum Gasteiger partial charge on any atom is 0.231 e. The molecule has 3 N–H and O–H groups in total. The largest absolute Gasteiger partial charge is 0.493 e.